The second kappa shape index (κ2) is 2.99. The first kappa shape index (κ1) is 7.84. The van der Waals surface area contributed by atoms with E-state index in [0.29, 0.717) is 0 Å². The van der Waals surface area contributed by atoms with Gasteiger partial charge in [0.15, 0.2) is 0 Å². The first-order chi connectivity index (χ1) is 3.12. The molecule has 0 saturated heterocycles. The Morgan fingerprint density at radius 3 is 1.29 bits per heavy atom. The van der Waals surface area contributed by atoms with E-state index in [1.807, 2.05) is 0 Å². The molecule has 0 aliphatic carbocycles. The van der Waals surface area contributed by atoms with E-state index in [9.17, 15) is 0 Å². The fraction of sp³-hybridized carbons (Fsp3) is 1.00. The summed E-state index contributed by atoms with van der Waals surface area (Å²) in [6, 6.07) is 0. The van der Waals surface area contributed by atoms with Crippen molar-refractivity contribution in [2.45, 2.75) is 8.97 Å². The van der Waals surface area contributed by atoms with Crippen LogP contribution in [0.1, 0.15) is 0 Å². The zero-order chi connectivity index (χ0) is 5.91. The molecule has 0 heterocycles. The number of hydrogen-bond donors (Lipinski definition) is 0. The molecule has 0 atom stereocenters. The van der Waals surface area contributed by atoms with Gasteiger partial charge in [0.25, 0.3) is 0 Å². The number of rotatable bonds is 2. The molecular weight excluding hydrogens is 287 g/mol. The third-order valence-electron chi connectivity index (χ3n) is 0.983. The maximum absolute atomic E-state index is 5.09. The third kappa shape index (κ3) is 3.43. The summed E-state index contributed by atoms with van der Waals surface area (Å²) in [5.41, 5.74) is 0. The monoisotopic (exact) mass is 300 g/mol. The molecule has 44 valence electrons. The van der Waals surface area contributed by atoms with Crippen molar-refractivity contribution in [2.24, 2.45) is 0 Å². The van der Waals surface area contributed by atoms with Crippen LogP contribution in [0.4, 0.5) is 0 Å². The molecule has 0 unspecified atom stereocenters. The van der Waals surface area contributed by atoms with Crippen molar-refractivity contribution < 1.29 is 5.37 Å². The Morgan fingerprint density at radius 2 is 1.29 bits per heavy atom. The Bertz CT molecular complexity index is 47.7. The molecule has 3 heteroatoms. The first-order valence-electron chi connectivity index (χ1n) is 2.22. The molecule has 0 aromatic heterocycles. The van der Waals surface area contributed by atoms with Crippen LogP contribution in [0.25, 0.3) is 0 Å². The molecular formula is C4H12O2Pb. The van der Waals surface area contributed by atoms with Gasteiger partial charge in [-0.3, -0.25) is 0 Å². The Labute approximate surface area is 50.8 Å². The Morgan fingerprint density at radius 1 is 1.00 bits per heavy atom. The van der Waals surface area contributed by atoms with Gasteiger partial charge in [0.1, 0.15) is 0 Å². The fourth-order valence-corrected chi connectivity index (χ4v) is 0.731. The van der Waals surface area contributed by atoms with E-state index in [1.54, 1.807) is 14.2 Å². The van der Waals surface area contributed by atoms with Crippen molar-refractivity contribution >= 4 is 22.1 Å². The van der Waals surface area contributed by atoms with Gasteiger partial charge in [-0.25, -0.2) is 0 Å². The standard InChI is InChI=1S/2CH3O.2CH3.Pb/c2*1-2;;;/h2*1H3;2*1H3;/q2*-1;;;+2. The molecule has 0 aromatic carbocycles. The summed E-state index contributed by atoms with van der Waals surface area (Å²) < 4.78 is 14.3. The van der Waals surface area contributed by atoms with Crippen molar-refractivity contribution in [1.82, 2.24) is 0 Å². The van der Waals surface area contributed by atoms with Crippen LogP contribution in [0, 0.1) is 0 Å². The third-order valence-corrected chi connectivity index (χ3v) is 8.63. The van der Waals surface area contributed by atoms with Crippen molar-refractivity contribution in [2.75, 3.05) is 14.2 Å². The van der Waals surface area contributed by atoms with Crippen LogP contribution < -0.4 is 0 Å². The molecule has 0 aliphatic rings. The fourth-order valence-electron chi connectivity index (χ4n) is 0.0833. The van der Waals surface area contributed by atoms with Gasteiger partial charge in [-0.15, -0.1) is 0 Å². The molecule has 0 fully saturated rings. The average molecular weight is 299 g/mol. The van der Waals surface area contributed by atoms with Crippen LogP contribution in [0.2, 0.25) is 8.97 Å². The average Bonchev–Trinajstić information content (AvgIpc) is 1.68. The van der Waals surface area contributed by atoms with E-state index in [2.05, 4.69) is 8.97 Å². The summed E-state index contributed by atoms with van der Waals surface area (Å²) in [4.78, 5) is 0. The van der Waals surface area contributed by atoms with E-state index in [0.717, 1.165) is 0 Å². The Hall–Kier alpha value is 0.842. The van der Waals surface area contributed by atoms with Gasteiger partial charge in [-0.05, 0) is 0 Å². The second-order valence-corrected chi connectivity index (χ2v) is 15.9. The predicted octanol–water partition coefficient (Wildman–Crippen LogP) is 0.981. The van der Waals surface area contributed by atoms with Crippen LogP contribution in [-0.4, -0.2) is 36.3 Å². The molecule has 0 aromatic rings. The minimum absolute atomic E-state index is 1.71. The summed E-state index contributed by atoms with van der Waals surface area (Å²) >= 11 is -2.39. The van der Waals surface area contributed by atoms with E-state index >= 15 is 0 Å². The van der Waals surface area contributed by atoms with Gasteiger partial charge in [0.05, 0.1) is 0 Å². The molecule has 7 heavy (non-hydrogen) atoms. The first-order valence-corrected chi connectivity index (χ1v) is 13.2. The quantitative estimate of drug-likeness (QED) is 0.708. The zero-order valence-corrected chi connectivity index (χ0v) is 9.20. The van der Waals surface area contributed by atoms with Crippen LogP contribution in [0.3, 0.4) is 0 Å². The normalized spacial score (nSPS) is 12.0. The molecule has 0 bridgehead atoms. The van der Waals surface area contributed by atoms with Crippen LogP contribution in [0.15, 0.2) is 0 Å². The van der Waals surface area contributed by atoms with Gasteiger partial charge in [0.2, 0.25) is 0 Å². The maximum atomic E-state index is 5.09. The van der Waals surface area contributed by atoms with Gasteiger partial charge >= 0.3 is 50.6 Å². The molecule has 0 radical (unpaired) electrons. The van der Waals surface area contributed by atoms with Gasteiger partial charge in [-0.1, -0.05) is 0 Å². The number of hydrogen-bond acceptors (Lipinski definition) is 2. The Balaban J connectivity index is 3.36. The van der Waals surface area contributed by atoms with E-state index < -0.39 is 22.1 Å². The van der Waals surface area contributed by atoms with Crippen LogP contribution in [0.5, 0.6) is 0 Å². The molecule has 2 nitrogen and oxygen atoms in total. The van der Waals surface area contributed by atoms with E-state index in [1.165, 1.54) is 0 Å². The molecule has 0 spiro atoms. The van der Waals surface area contributed by atoms with Crippen molar-refractivity contribution in [3.05, 3.63) is 0 Å². The van der Waals surface area contributed by atoms with E-state index in [4.69, 9.17) is 5.37 Å². The summed E-state index contributed by atoms with van der Waals surface area (Å²) in [6.07, 6.45) is 0. The zero-order valence-electron chi connectivity index (χ0n) is 5.32. The predicted molar refractivity (Wildman–Crippen MR) is 31.5 cm³/mol. The van der Waals surface area contributed by atoms with Gasteiger partial charge < -0.3 is 0 Å². The second-order valence-electron chi connectivity index (χ2n) is 1.81. The van der Waals surface area contributed by atoms with Crippen molar-refractivity contribution in [3.8, 4) is 0 Å². The molecule has 0 aliphatic heterocycles. The van der Waals surface area contributed by atoms with Gasteiger partial charge in [0, 0.05) is 0 Å². The van der Waals surface area contributed by atoms with Crippen molar-refractivity contribution in [1.29, 1.82) is 0 Å². The van der Waals surface area contributed by atoms with E-state index in [-0.39, 0.29) is 0 Å². The van der Waals surface area contributed by atoms with Crippen LogP contribution >= 0.6 is 0 Å². The minimum atomic E-state index is -2.39. The molecule has 0 N–H and O–H groups in total. The summed E-state index contributed by atoms with van der Waals surface area (Å²) in [5, 5.41) is 0. The summed E-state index contributed by atoms with van der Waals surface area (Å²) in [7, 11) is 3.43. The van der Waals surface area contributed by atoms with Crippen molar-refractivity contribution in [3.63, 3.8) is 0 Å². The topological polar surface area (TPSA) is 18.5 Å². The Kier molecular flexibility index (Phi) is 3.35. The molecule has 0 amide bonds. The molecule has 0 rings (SSSR count). The van der Waals surface area contributed by atoms with Crippen LogP contribution in [-0.2, 0) is 5.37 Å². The SMILES string of the molecule is C[O][Pb]([CH3])([CH3])[O]C. The molecule has 0 saturated carbocycles. The summed E-state index contributed by atoms with van der Waals surface area (Å²) in [6.45, 7) is 0. The summed E-state index contributed by atoms with van der Waals surface area (Å²) in [5.74, 6) is 0. The van der Waals surface area contributed by atoms with Gasteiger partial charge in [-0.2, -0.15) is 0 Å².